The molecule has 170 valence electrons. The lowest BCUT2D eigenvalue weighted by Crippen LogP contribution is -2.21. The summed E-state index contributed by atoms with van der Waals surface area (Å²) < 4.78 is 5.41. The maximum absolute atomic E-state index is 13.0. The first-order chi connectivity index (χ1) is 16.0. The summed E-state index contributed by atoms with van der Waals surface area (Å²) in [6.07, 6.45) is 7.02. The number of amides is 1. The van der Waals surface area contributed by atoms with Crippen molar-refractivity contribution in [2.75, 3.05) is 11.9 Å². The molecule has 1 aliphatic rings. The highest BCUT2D eigenvalue weighted by atomic mass is 32.1. The number of benzene rings is 1. The molecule has 0 atom stereocenters. The Balaban J connectivity index is 1.50. The number of carbonyl (C=O) groups excluding carboxylic acids is 2. The fourth-order valence-corrected chi connectivity index (χ4v) is 5.71. The van der Waals surface area contributed by atoms with E-state index in [2.05, 4.69) is 16.4 Å². The first kappa shape index (κ1) is 22.9. The number of nitrogens with zero attached hydrogens (tertiary/aromatic N) is 2. The third-order valence-corrected chi connectivity index (χ3v) is 7.35. The number of pyridine rings is 1. The summed E-state index contributed by atoms with van der Waals surface area (Å²) in [6, 6.07) is 9.70. The maximum atomic E-state index is 13.0. The van der Waals surface area contributed by atoms with Crippen molar-refractivity contribution in [3.8, 4) is 6.07 Å². The Bertz CT molecular complexity index is 1260. The first-order valence-electron chi connectivity index (χ1n) is 11.4. The van der Waals surface area contributed by atoms with Crippen molar-refractivity contribution in [1.82, 2.24) is 4.98 Å². The van der Waals surface area contributed by atoms with Crippen LogP contribution in [0, 0.1) is 18.3 Å². The molecule has 0 fully saturated rings. The predicted molar refractivity (Wildman–Crippen MR) is 130 cm³/mol. The number of ether oxygens (including phenoxy) is 1. The lowest BCUT2D eigenvalue weighted by atomic mass is 9.97. The topological polar surface area (TPSA) is 92.1 Å². The van der Waals surface area contributed by atoms with Crippen molar-refractivity contribution in [3.05, 3.63) is 57.1 Å². The van der Waals surface area contributed by atoms with E-state index in [0.717, 1.165) is 48.0 Å². The second-order valence-corrected chi connectivity index (χ2v) is 9.39. The minimum Gasteiger partial charge on any atom is -0.452 e. The van der Waals surface area contributed by atoms with Crippen LogP contribution >= 0.6 is 11.3 Å². The molecule has 0 saturated heterocycles. The van der Waals surface area contributed by atoms with Gasteiger partial charge in [0.2, 0.25) is 0 Å². The van der Waals surface area contributed by atoms with Gasteiger partial charge in [-0.05, 0) is 56.2 Å². The number of esters is 1. The number of aromatic nitrogens is 1. The van der Waals surface area contributed by atoms with E-state index in [-0.39, 0.29) is 0 Å². The zero-order chi connectivity index (χ0) is 23.4. The molecule has 7 heteroatoms. The molecule has 1 aromatic carbocycles. The average molecular weight is 462 g/mol. The number of para-hydroxylation sites is 1. The number of nitrogens with one attached hydrogen (secondary N) is 1. The van der Waals surface area contributed by atoms with Crippen molar-refractivity contribution in [3.63, 3.8) is 0 Å². The fourth-order valence-electron chi connectivity index (χ4n) is 4.46. The summed E-state index contributed by atoms with van der Waals surface area (Å²) in [5, 5.41) is 13.8. The maximum Gasteiger partial charge on any atom is 0.339 e. The van der Waals surface area contributed by atoms with E-state index < -0.39 is 18.5 Å². The molecule has 0 bridgehead atoms. The normalized spacial score (nSPS) is 13.5. The first-order valence-corrected chi connectivity index (χ1v) is 12.2. The summed E-state index contributed by atoms with van der Waals surface area (Å²) in [4.78, 5) is 31.4. The van der Waals surface area contributed by atoms with Gasteiger partial charge in [0.05, 0.1) is 16.6 Å². The molecule has 1 N–H and O–H groups in total. The smallest absolute Gasteiger partial charge is 0.339 e. The summed E-state index contributed by atoms with van der Waals surface area (Å²) >= 11 is 1.47. The minimum atomic E-state index is -0.546. The highest BCUT2D eigenvalue weighted by molar-refractivity contribution is 7.16. The van der Waals surface area contributed by atoms with E-state index in [9.17, 15) is 14.9 Å². The van der Waals surface area contributed by atoms with Gasteiger partial charge in [-0.2, -0.15) is 5.26 Å². The van der Waals surface area contributed by atoms with Crippen LogP contribution in [0.1, 0.15) is 70.2 Å². The molecule has 2 aromatic heterocycles. The molecule has 33 heavy (non-hydrogen) atoms. The Morgan fingerprint density at radius 2 is 1.94 bits per heavy atom. The molecule has 0 saturated carbocycles. The van der Waals surface area contributed by atoms with Gasteiger partial charge in [-0.15, -0.1) is 11.3 Å². The molecular formula is C26H27N3O3S. The number of aryl methyl sites for hydroxylation is 2. The number of thiophene rings is 1. The fraction of sp³-hybridized carbons (Fsp3) is 0.385. The highest BCUT2D eigenvalue weighted by Gasteiger charge is 2.22. The summed E-state index contributed by atoms with van der Waals surface area (Å²) in [7, 11) is 0. The summed E-state index contributed by atoms with van der Waals surface area (Å²) in [5.74, 6) is -0.990. The van der Waals surface area contributed by atoms with Gasteiger partial charge in [-0.1, -0.05) is 38.0 Å². The van der Waals surface area contributed by atoms with Crippen LogP contribution in [0.25, 0.3) is 10.9 Å². The molecule has 0 radical (unpaired) electrons. The Morgan fingerprint density at radius 3 is 2.70 bits per heavy atom. The van der Waals surface area contributed by atoms with Crippen molar-refractivity contribution >= 4 is 39.1 Å². The van der Waals surface area contributed by atoms with Crippen molar-refractivity contribution in [2.24, 2.45) is 0 Å². The van der Waals surface area contributed by atoms with Crippen molar-refractivity contribution in [1.29, 1.82) is 5.26 Å². The number of nitriles is 1. The number of anilines is 1. The molecular weight excluding hydrogens is 434 g/mol. The highest BCUT2D eigenvalue weighted by Crippen LogP contribution is 2.36. The minimum absolute atomic E-state index is 0.413. The SMILES string of the molecule is CCc1nc2ccccc2c(C(=O)OCC(=O)Nc2sc3c(c2C#N)CCCCCC3)c1C. The number of rotatable bonds is 5. The van der Waals surface area contributed by atoms with Gasteiger partial charge >= 0.3 is 5.97 Å². The Morgan fingerprint density at radius 1 is 1.18 bits per heavy atom. The lowest BCUT2D eigenvalue weighted by Gasteiger charge is -2.13. The van der Waals surface area contributed by atoms with Gasteiger partial charge in [0, 0.05) is 16.0 Å². The molecule has 0 unspecified atom stereocenters. The Labute approximate surface area is 197 Å². The molecule has 3 aromatic rings. The largest absolute Gasteiger partial charge is 0.452 e. The third kappa shape index (κ3) is 4.76. The molecule has 0 spiro atoms. The number of hydrogen-bond acceptors (Lipinski definition) is 6. The molecule has 6 nitrogen and oxygen atoms in total. The van der Waals surface area contributed by atoms with Gasteiger partial charge < -0.3 is 10.1 Å². The van der Waals surface area contributed by atoms with E-state index in [0.29, 0.717) is 27.9 Å². The predicted octanol–water partition coefficient (Wildman–Crippen LogP) is 5.49. The zero-order valence-electron chi connectivity index (χ0n) is 19.0. The van der Waals surface area contributed by atoms with Crippen molar-refractivity contribution < 1.29 is 14.3 Å². The number of carbonyl (C=O) groups is 2. The van der Waals surface area contributed by atoms with Gasteiger partial charge in [0.1, 0.15) is 11.1 Å². The van der Waals surface area contributed by atoms with Gasteiger partial charge in [-0.3, -0.25) is 9.78 Å². The van der Waals surface area contributed by atoms with E-state index in [1.54, 1.807) is 0 Å². The summed E-state index contributed by atoms with van der Waals surface area (Å²) in [6.45, 7) is 3.43. The molecule has 1 aliphatic carbocycles. The second-order valence-electron chi connectivity index (χ2n) is 8.29. The number of fused-ring (bicyclic) bond motifs is 2. The van der Waals surface area contributed by atoms with Crippen LogP contribution in [0.2, 0.25) is 0 Å². The van der Waals surface area contributed by atoms with Crippen LogP contribution in [0.5, 0.6) is 0 Å². The van der Waals surface area contributed by atoms with Crippen LogP contribution in [0.4, 0.5) is 5.00 Å². The Hall–Kier alpha value is -3.24. The Kier molecular flexibility index (Phi) is 7.05. The molecule has 1 amide bonds. The van der Waals surface area contributed by atoms with Crippen molar-refractivity contribution in [2.45, 2.75) is 58.8 Å². The standard InChI is InChI=1S/C26H27N3O3S/c1-3-20-16(2)24(18-11-8-9-12-21(18)28-20)26(31)32-15-23(30)29-25-19(14-27)17-10-6-4-5-7-13-22(17)33-25/h8-9,11-12H,3-7,10,13,15H2,1-2H3,(H,29,30). The van der Waals surface area contributed by atoms with E-state index in [4.69, 9.17) is 4.74 Å². The zero-order valence-corrected chi connectivity index (χ0v) is 19.8. The molecule has 4 rings (SSSR count). The van der Waals surface area contributed by atoms with Gasteiger partial charge in [0.25, 0.3) is 5.91 Å². The van der Waals surface area contributed by atoms with Crippen LogP contribution in [-0.2, 0) is 28.8 Å². The summed E-state index contributed by atoms with van der Waals surface area (Å²) in [5.41, 5.74) is 4.40. The molecule has 2 heterocycles. The monoisotopic (exact) mass is 461 g/mol. The van der Waals surface area contributed by atoms with E-state index in [1.807, 2.05) is 38.1 Å². The quantitative estimate of drug-likeness (QED) is 0.507. The van der Waals surface area contributed by atoms with E-state index >= 15 is 0 Å². The third-order valence-electron chi connectivity index (χ3n) is 6.15. The molecule has 0 aliphatic heterocycles. The lowest BCUT2D eigenvalue weighted by molar-refractivity contribution is -0.119. The van der Waals surface area contributed by atoms with Gasteiger partial charge in [-0.25, -0.2) is 4.79 Å². The average Bonchev–Trinajstić information content (AvgIpc) is 3.11. The van der Waals surface area contributed by atoms with Crippen LogP contribution in [0.15, 0.2) is 24.3 Å². The van der Waals surface area contributed by atoms with Crippen LogP contribution in [-0.4, -0.2) is 23.5 Å². The van der Waals surface area contributed by atoms with Crippen LogP contribution in [0.3, 0.4) is 0 Å². The van der Waals surface area contributed by atoms with Crippen LogP contribution < -0.4 is 5.32 Å². The number of hydrogen-bond donors (Lipinski definition) is 1. The van der Waals surface area contributed by atoms with E-state index in [1.165, 1.54) is 29.1 Å². The van der Waals surface area contributed by atoms with Gasteiger partial charge in [0.15, 0.2) is 6.61 Å². The second kappa shape index (κ2) is 10.1.